The highest BCUT2D eigenvalue weighted by Gasteiger charge is 2.18. The first-order chi connectivity index (χ1) is 37.5. The van der Waals surface area contributed by atoms with Crippen LogP contribution < -0.4 is 5.32 Å². The van der Waals surface area contributed by atoms with Crippen LogP contribution >= 0.6 is 0 Å². The molecule has 0 aromatic rings. The Balaban J connectivity index is 3.48. The molecule has 0 aromatic carbocycles. The predicted molar refractivity (Wildman–Crippen MR) is 333 cm³/mol. The van der Waals surface area contributed by atoms with Crippen LogP contribution in [0.4, 0.5) is 0 Å². The smallest absolute Gasteiger partial charge is 0.305 e. The summed E-state index contributed by atoms with van der Waals surface area (Å²) in [5, 5.41) is 23.2. The third-order valence-corrected chi connectivity index (χ3v) is 15.3. The fraction of sp³-hybridized carbons (Fsp3) is 0.829. The molecule has 0 aliphatic heterocycles. The third kappa shape index (κ3) is 60.8. The van der Waals surface area contributed by atoms with E-state index < -0.39 is 12.1 Å². The number of carbonyl (C=O) groups excluding carboxylic acids is 2. The maximum absolute atomic E-state index is 12.5. The van der Waals surface area contributed by atoms with E-state index in [1.165, 1.54) is 263 Å². The van der Waals surface area contributed by atoms with Crippen LogP contribution in [0.3, 0.4) is 0 Å². The predicted octanol–water partition coefficient (Wildman–Crippen LogP) is 21.5. The van der Waals surface area contributed by atoms with Gasteiger partial charge in [-0.25, -0.2) is 0 Å². The summed E-state index contributed by atoms with van der Waals surface area (Å²) in [6.45, 7) is 4.78. The molecule has 0 bridgehead atoms. The summed E-state index contributed by atoms with van der Waals surface area (Å²) >= 11 is 0. The molecule has 0 fully saturated rings. The third-order valence-electron chi connectivity index (χ3n) is 15.3. The summed E-state index contributed by atoms with van der Waals surface area (Å²) in [4.78, 5) is 24.6. The summed E-state index contributed by atoms with van der Waals surface area (Å²) in [5.41, 5.74) is 0. The molecular formula is C70H129NO5. The fourth-order valence-electron chi connectivity index (χ4n) is 10.2. The summed E-state index contributed by atoms with van der Waals surface area (Å²) in [6, 6.07) is -0.634. The first kappa shape index (κ1) is 73.6. The summed E-state index contributed by atoms with van der Waals surface area (Å²) in [5.74, 6) is -0.115. The molecule has 3 N–H and O–H groups in total. The largest absolute Gasteiger partial charge is 0.465 e. The molecule has 76 heavy (non-hydrogen) atoms. The highest BCUT2D eigenvalue weighted by atomic mass is 16.5. The van der Waals surface area contributed by atoms with Gasteiger partial charge in [0.05, 0.1) is 25.4 Å². The number of hydrogen-bond acceptors (Lipinski definition) is 5. The van der Waals surface area contributed by atoms with Crippen molar-refractivity contribution in [3.05, 3.63) is 60.8 Å². The van der Waals surface area contributed by atoms with Gasteiger partial charge in [-0.1, -0.05) is 312 Å². The van der Waals surface area contributed by atoms with Crippen molar-refractivity contribution in [2.75, 3.05) is 13.2 Å². The molecule has 0 aromatic heterocycles. The van der Waals surface area contributed by atoms with E-state index in [1.807, 2.05) is 6.08 Å². The molecule has 2 unspecified atom stereocenters. The molecule has 444 valence electrons. The Morgan fingerprint density at radius 1 is 0.368 bits per heavy atom. The van der Waals surface area contributed by atoms with Crippen molar-refractivity contribution in [3.8, 4) is 0 Å². The second-order valence-electron chi connectivity index (χ2n) is 22.8. The standard InChI is InChI=1S/C70H129NO5/c1-3-5-7-9-11-13-15-17-19-21-22-24-27-31-34-38-42-46-50-54-58-62-68(73)67(66-72)71-69(74)63-59-55-51-47-43-39-35-32-28-25-23-26-29-33-37-41-45-49-53-57-61-65-76-70(75)64-60-56-52-48-44-40-36-30-20-18-16-14-12-10-8-6-4-2/h12,14,18,20,41,45,53,57-58,62,67-68,72-73H,3-11,13,15-17,19,21-40,42-44,46-52,54-56,59-61,63-66H2,1-2H3,(H,71,74)/b14-12-,20-18-,45-41-,57-53-,62-58+. The Bertz CT molecular complexity index is 1320. The van der Waals surface area contributed by atoms with Crippen LogP contribution in [-0.2, 0) is 14.3 Å². The fourth-order valence-corrected chi connectivity index (χ4v) is 10.2. The number of rotatable bonds is 62. The van der Waals surface area contributed by atoms with Gasteiger partial charge in [-0.2, -0.15) is 0 Å². The lowest BCUT2D eigenvalue weighted by Crippen LogP contribution is -2.45. The minimum absolute atomic E-state index is 0.0437. The van der Waals surface area contributed by atoms with Crippen LogP contribution in [0.1, 0.15) is 348 Å². The molecule has 0 rings (SSSR count). The van der Waals surface area contributed by atoms with Gasteiger partial charge in [0.2, 0.25) is 5.91 Å². The van der Waals surface area contributed by atoms with E-state index in [9.17, 15) is 19.8 Å². The maximum Gasteiger partial charge on any atom is 0.305 e. The van der Waals surface area contributed by atoms with E-state index in [2.05, 4.69) is 67.8 Å². The topological polar surface area (TPSA) is 95.9 Å². The van der Waals surface area contributed by atoms with Gasteiger partial charge < -0.3 is 20.3 Å². The van der Waals surface area contributed by atoms with Gasteiger partial charge in [-0.05, 0) is 83.5 Å². The molecule has 0 spiro atoms. The Kier molecular flexibility index (Phi) is 63.0. The highest BCUT2D eigenvalue weighted by molar-refractivity contribution is 5.76. The van der Waals surface area contributed by atoms with E-state index in [1.54, 1.807) is 6.08 Å². The van der Waals surface area contributed by atoms with Gasteiger partial charge >= 0.3 is 5.97 Å². The molecule has 0 heterocycles. The number of aliphatic hydroxyl groups is 2. The number of amides is 1. The number of aliphatic hydroxyl groups excluding tert-OH is 2. The van der Waals surface area contributed by atoms with E-state index >= 15 is 0 Å². The lowest BCUT2D eigenvalue weighted by molar-refractivity contribution is -0.143. The van der Waals surface area contributed by atoms with Crippen LogP contribution in [0.15, 0.2) is 60.8 Å². The number of unbranched alkanes of at least 4 members (excludes halogenated alkanes) is 43. The number of ether oxygens (including phenoxy) is 1. The van der Waals surface area contributed by atoms with Crippen molar-refractivity contribution >= 4 is 11.9 Å². The zero-order valence-corrected chi connectivity index (χ0v) is 50.7. The van der Waals surface area contributed by atoms with Crippen molar-refractivity contribution in [1.82, 2.24) is 5.32 Å². The number of esters is 1. The molecule has 0 radical (unpaired) electrons. The Morgan fingerprint density at radius 3 is 1.03 bits per heavy atom. The van der Waals surface area contributed by atoms with Gasteiger partial charge in [-0.15, -0.1) is 0 Å². The molecule has 0 saturated carbocycles. The van der Waals surface area contributed by atoms with E-state index in [-0.39, 0.29) is 18.5 Å². The minimum Gasteiger partial charge on any atom is -0.465 e. The molecular weight excluding hydrogens is 935 g/mol. The van der Waals surface area contributed by atoms with Crippen molar-refractivity contribution in [2.24, 2.45) is 0 Å². The van der Waals surface area contributed by atoms with Crippen LogP contribution in [0.2, 0.25) is 0 Å². The average Bonchev–Trinajstić information content (AvgIpc) is 3.42. The zero-order chi connectivity index (χ0) is 55.0. The molecule has 0 aliphatic carbocycles. The van der Waals surface area contributed by atoms with Gasteiger partial charge in [-0.3, -0.25) is 9.59 Å². The summed E-state index contributed by atoms with van der Waals surface area (Å²) < 4.78 is 5.43. The Morgan fingerprint density at radius 2 is 0.658 bits per heavy atom. The SMILES string of the molecule is CCCCC/C=C\C/C=C\CCCCCCCCCC(=O)OCC/C=C\C/C=C\CCCCCCCCCCCCCCCCC(=O)NC(CO)C(O)/C=C/CCCCCCCCCCCCCCCCCCCCC. The Hall–Kier alpha value is -2.44. The number of hydrogen-bond donors (Lipinski definition) is 3. The molecule has 0 saturated heterocycles. The van der Waals surface area contributed by atoms with Gasteiger partial charge in [0, 0.05) is 12.8 Å². The quantitative estimate of drug-likeness (QED) is 0.0320. The van der Waals surface area contributed by atoms with E-state index in [0.717, 1.165) is 57.8 Å². The minimum atomic E-state index is -0.851. The van der Waals surface area contributed by atoms with Crippen LogP contribution in [-0.4, -0.2) is 47.4 Å². The van der Waals surface area contributed by atoms with Crippen molar-refractivity contribution in [2.45, 2.75) is 360 Å². The first-order valence-electron chi connectivity index (χ1n) is 33.6. The van der Waals surface area contributed by atoms with Crippen molar-refractivity contribution in [3.63, 3.8) is 0 Å². The molecule has 0 aliphatic rings. The highest BCUT2D eigenvalue weighted by Crippen LogP contribution is 2.17. The van der Waals surface area contributed by atoms with Crippen LogP contribution in [0.5, 0.6) is 0 Å². The van der Waals surface area contributed by atoms with Gasteiger partial charge in [0.25, 0.3) is 0 Å². The summed E-state index contributed by atoms with van der Waals surface area (Å²) in [6.07, 6.45) is 85.7. The van der Waals surface area contributed by atoms with E-state index in [4.69, 9.17) is 4.74 Å². The molecule has 2 atom stereocenters. The first-order valence-corrected chi connectivity index (χ1v) is 33.6. The van der Waals surface area contributed by atoms with Gasteiger partial charge in [0.15, 0.2) is 0 Å². The lowest BCUT2D eigenvalue weighted by Gasteiger charge is -2.20. The number of carbonyl (C=O) groups is 2. The lowest BCUT2D eigenvalue weighted by atomic mass is 10.0. The van der Waals surface area contributed by atoms with Crippen molar-refractivity contribution in [1.29, 1.82) is 0 Å². The van der Waals surface area contributed by atoms with Crippen LogP contribution in [0, 0.1) is 0 Å². The number of nitrogens with one attached hydrogen (secondary N) is 1. The normalized spacial score (nSPS) is 12.9. The average molecular weight is 1060 g/mol. The second kappa shape index (κ2) is 65.1. The van der Waals surface area contributed by atoms with Gasteiger partial charge in [0.1, 0.15) is 0 Å². The summed E-state index contributed by atoms with van der Waals surface area (Å²) in [7, 11) is 0. The molecule has 1 amide bonds. The zero-order valence-electron chi connectivity index (χ0n) is 50.7. The van der Waals surface area contributed by atoms with Crippen LogP contribution in [0.25, 0.3) is 0 Å². The van der Waals surface area contributed by atoms with E-state index in [0.29, 0.717) is 19.4 Å². The number of allylic oxidation sites excluding steroid dienone is 8. The van der Waals surface area contributed by atoms with Crippen molar-refractivity contribution < 1.29 is 24.5 Å². The monoisotopic (exact) mass is 1060 g/mol. The molecule has 6 nitrogen and oxygen atoms in total. The molecule has 6 heteroatoms. The second-order valence-corrected chi connectivity index (χ2v) is 22.8. The Labute approximate surface area is 473 Å². The maximum atomic E-state index is 12.5.